The minimum Gasteiger partial charge on any atom is -0.479 e. The maximum absolute atomic E-state index is 11.9. The molecule has 1 atom stereocenters. The van der Waals surface area contributed by atoms with Gasteiger partial charge >= 0.3 is 5.97 Å². The molecule has 6 heteroatoms. The van der Waals surface area contributed by atoms with Crippen molar-refractivity contribution < 1.29 is 14.7 Å². The molecule has 0 aliphatic rings. The molecule has 0 fully saturated rings. The quantitative estimate of drug-likeness (QED) is 0.857. The first kappa shape index (κ1) is 12.8. The molecule has 0 radical (unpaired) electrons. The van der Waals surface area contributed by atoms with E-state index in [9.17, 15) is 14.7 Å². The van der Waals surface area contributed by atoms with E-state index in [1.807, 2.05) is 0 Å². The number of carbonyl (C=O) groups is 2. The lowest BCUT2D eigenvalue weighted by atomic mass is 10.1. The lowest BCUT2D eigenvalue weighted by molar-refractivity contribution is -0.139. The summed E-state index contributed by atoms with van der Waals surface area (Å²) in [6.07, 6.45) is 3.01. The van der Waals surface area contributed by atoms with Gasteiger partial charge in [0.15, 0.2) is 6.04 Å². The smallest absolute Gasteiger partial charge is 0.330 e. The number of nitrogens with one attached hydrogen (secondary N) is 1. The number of amides is 1. The molecule has 1 amide bonds. The number of hydrogen-bond donors (Lipinski definition) is 2. The number of nitrogens with zero attached hydrogens (tertiary/aromatic N) is 2. The number of aromatic nitrogens is 2. The first-order chi connectivity index (χ1) is 9.08. The molecule has 0 saturated heterocycles. The lowest BCUT2D eigenvalue weighted by Gasteiger charge is -2.13. The van der Waals surface area contributed by atoms with Gasteiger partial charge in [0.05, 0.1) is 6.33 Å². The Hall–Kier alpha value is -2.63. The van der Waals surface area contributed by atoms with E-state index in [1.54, 1.807) is 41.9 Å². The molecule has 0 aliphatic carbocycles. The maximum Gasteiger partial charge on any atom is 0.330 e. The Bertz CT molecular complexity index is 592. The zero-order valence-electron chi connectivity index (χ0n) is 10.3. The van der Waals surface area contributed by atoms with Crippen LogP contribution in [0.5, 0.6) is 0 Å². The van der Waals surface area contributed by atoms with Gasteiger partial charge in [-0.2, -0.15) is 0 Å². The van der Waals surface area contributed by atoms with Crippen LogP contribution in [0.3, 0.4) is 0 Å². The van der Waals surface area contributed by atoms with Crippen molar-refractivity contribution >= 4 is 11.9 Å². The molecule has 6 nitrogen and oxygen atoms in total. The Kier molecular flexibility index (Phi) is 3.61. The summed E-state index contributed by atoms with van der Waals surface area (Å²) in [5, 5.41) is 11.6. The average Bonchev–Trinajstić information content (AvgIpc) is 2.83. The summed E-state index contributed by atoms with van der Waals surface area (Å²) in [5.41, 5.74) is 0.698. The van der Waals surface area contributed by atoms with E-state index < -0.39 is 17.9 Å². The second-order valence-electron chi connectivity index (χ2n) is 4.08. The van der Waals surface area contributed by atoms with Crippen LogP contribution >= 0.6 is 0 Å². The molecule has 0 spiro atoms. The van der Waals surface area contributed by atoms with Crippen LogP contribution in [0.2, 0.25) is 0 Å². The van der Waals surface area contributed by atoms with Crippen molar-refractivity contribution in [2.45, 2.75) is 6.04 Å². The third-order valence-corrected chi connectivity index (χ3v) is 2.59. The minimum absolute atomic E-state index is 0.185. The van der Waals surface area contributed by atoms with Crippen LogP contribution in [0.15, 0.2) is 42.9 Å². The number of benzene rings is 1. The predicted octanol–water partition coefficient (Wildman–Crippen LogP) is 0.976. The SMILES string of the molecule is Cn1cnc(C(=O)NC(C(=O)O)c2ccccc2)c1. The Labute approximate surface area is 109 Å². The van der Waals surface area contributed by atoms with Crippen LogP contribution in [-0.4, -0.2) is 26.5 Å². The molecule has 1 aromatic carbocycles. The molecule has 0 aliphatic heterocycles. The molecule has 98 valence electrons. The van der Waals surface area contributed by atoms with Gasteiger partial charge < -0.3 is 15.0 Å². The highest BCUT2D eigenvalue weighted by atomic mass is 16.4. The summed E-state index contributed by atoms with van der Waals surface area (Å²) in [6, 6.07) is 7.43. The lowest BCUT2D eigenvalue weighted by Crippen LogP contribution is -2.33. The molecule has 2 aromatic rings. The minimum atomic E-state index is -1.12. The van der Waals surface area contributed by atoms with Crippen molar-refractivity contribution in [1.82, 2.24) is 14.9 Å². The Morgan fingerprint density at radius 3 is 2.53 bits per heavy atom. The second kappa shape index (κ2) is 5.34. The maximum atomic E-state index is 11.9. The van der Waals surface area contributed by atoms with Crippen molar-refractivity contribution in [2.24, 2.45) is 7.05 Å². The number of carboxylic acids is 1. The average molecular weight is 259 g/mol. The highest BCUT2D eigenvalue weighted by molar-refractivity contribution is 5.95. The number of hydrogen-bond acceptors (Lipinski definition) is 3. The molecule has 1 heterocycles. The Morgan fingerprint density at radius 2 is 2.00 bits per heavy atom. The van der Waals surface area contributed by atoms with Crippen LogP contribution in [-0.2, 0) is 11.8 Å². The van der Waals surface area contributed by atoms with Crippen molar-refractivity contribution in [3.05, 3.63) is 54.1 Å². The van der Waals surface area contributed by atoms with Crippen LogP contribution in [0.1, 0.15) is 22.1 Å². The predicted molar refractivity (Wildman–Crippen MR) is 67.5 cm³/mol. The van der Waals surface area contributed by atoms with E-state index in [1.165, 1.54) is 12.5 Å². The van der Waals surface area contributed by atoms with Gasteiger partial charge in [0.2, 0.25) is 0 Å². The molecule has 0 bridgehead atoms. The summed E-state index contributed by atoms with van der Waals surface area (Å²) in [5.74, 6) is -1.63. The number of carboxylic acid groups (broad SMARTS) is 1. The van der Waals surface area contributed by atoms with Crippen LogP contribution < -0.4 is 5.32 Å². The van der Waals surface area contributed by atoms with E-state index in [2.05, 4.69) is 10.3 Å². The van der Waals surface area contributed by atoms with Crippen molar-refractivity contribution in [2.75, 3.05) is 0 Å². The fourth-order valence-electron chi connectivity index (χ4n) is 1.67. The highest BCUT2D eigenvalue weighted by Crippen LogP contribution is 2.13. The molecule has 1 aromatic heterocycles. The summed E-state index contributed by atoms with van der Waals surface area (Å²) >= 11 is 0. The van der Waals surface area contributed by atoms with Crippen LogP contribution in [0.4, 0.5) is 0 Å². The standard InChI is InChI=1S/C13H13N3O3/c1-16-7-10(14-8-16)12(17)15-11(13(18)19)9-5-3-2-4-6-9/h2-8,11H,1H3,(H,15,17)(H,18,19). The van der Waals surface area contributed by atoms with Crippen LogP contribution in [0.25, 0.3) is 0 Å². The van der Waals surface area contributed by atoms with Gasteiger partial charge in [-0.25, -0.2) is 9.78 Å². The zero-order chi connectivity index (χ0) is 13.8. The molecular formula is C13H13N3O3. The van der Waals surface area contributed by atoms with Crippen molar-refractivity contribution in [3.63, 3.8) is 0 Å². The summed E-state index contributed by atoms with van der Waals surface area (Å²) < 4.78 is 1.62. The first-order valence-electron chi connectivity index (χ1n) is 5.64. The van der Waals surface area contributed by atoms with Gasteiger partial charge in [0.1, 0.15) is 5.69 Å². The van der Waals surface area contributed by atoms with Gasteiger partial charge in [0, 0.05) is 13.2 Å². The van der Waals surface area contributed by atoms with Gasteiger partial charge in [-0.15, -0.1) is 0 Å². The highest BCUT2D eigenvalue weighted by Gasteiger charge is 2.23. The van der Waals surface area contributed by atoms with E-state index in [4.69, 9.17) is 0 Å². The molecule has 0 saturated carbocycles. The third kappa shape index (κ3) is 2.98. The van der Waals surface area contributed by atoms with E-state index in [0.29, 0.717) is 5.56 Å². The number of rotatable bonds is 4. The third-order valence-electron chi connectivity index (χ3n) is 2.59. The summed E-state index contributed by atoms with van der Waals surface area (Å²) in [6.45, 7) is 0. The molecule has 2 N–H and O–H groups in total. The molecule has 2 rings (SSSR count). The van der Waals surface area contributed by atoms with E-state index >= 15 is 0 Å². The zero-order valence-corrected chi connectivity index (χ0v) is 10.3. The fourth-order valence-corrected chi connectivity index (χ4v) is 1.67. The molecule has 1 unspecified atom stereocenters. The number of aliphatic carboxylic acids is 1. The topological polar surface area (TPSA) is 84.2 Å². The number of imidazole rings is 1. The van der Waals surface area contributed by atoms with Gasteiger partial charge in [-0.05, 0) is 5.56 Å². The van der Waals surface area contributed by atoms with Crippen molar-refractivity contribution in [3.8, 4) is 0 Å². The number of carbonyl (C=O) groups excluding carboxylic acids is 1. The van der Waals surface area contributed by atoms with Gasteiger partial charge in [-0.3, -0.25) is 4.79 Å². The van der Waals surface area contributed by atoms with Crippen LogP contribution in [0, 0.1) is 0 Å². The monoisotopic (exact) mass is 259 g/mol. The van der Waals surface area contributed by atoms with E-state index in [0.717, 1.165) is 0 Å². The van der Waals surface area contributed by atoms with Gasteiger partial charge in [-0.1, -0.05) is 30.3 Å². The van der Waals surface area contributed by atoms with Crippen molar-refractivity contribution in [1.29, 1.82) is 0 Å². The summed E-state index contributed by atoms with van der Waals surface area (Å²) in [4.78, 5) is 27.0. The fraction of sp³-hybridized carbons (Fsp3) is 0.154. The Balaban J connectivity index is 2.18. The number of aryl methyl sites for hydroxylation is 1. The Morgan fingerprint density at radius 1 is 1.32 bits per heavy atom. The second-order valence-corrected chi connectivity index (χ2v) is 4.08. The van der Waals surface area contributed by atoms with E-state index in [-0.39, 0.29) is 5.69 Å². The molecular weight excluding hydrogens is 246 g/mol. The molecule has 19 heavy (non-hydrogen) atoms. The first-order valence-corrected chi connectivity index (χ1v) is 5.64. The summed E-state index contributed by atoms with van der Waals surface area (Å²) in [7, 11) is 1.73. The normalized spacial score (nSPS) is 11.8. The van der Waals surface area contributed by atoms with Gasteiger partial charge in [0.25, 0.3) is 5.91 Å². The largest absolute Gasteiger partial charge is 0.479 e.